The molecule has 2 amide bonds. The molecule has 4 bridgehead atoms. The molecule has 0 aromatic carbocycles. The molecule has 4 aliphatic carbocycles. The molecule has 35 heavy (non-hydrogen) atoms. The summed E-state index contributed by atoms with van der Waals surface area (Å²) in [7, 11) is 0. The van der Waals surface area contributed by atoms with Crippen LogP contribution in [0.4, 0.5) is 5.82 Å². The predicted octanol–water partition coefficient (Wildman–Crippen LogP) is 2.54. The van der Waals surface area contributed by atoms with E-state index in [0.29, 0.717) is 56.0 Å². The zero-order valence-corrected chi connectivity index (χ0v) is 20.7. The lowest BCUT2D eigenvalue weighted by atomic mass is 9.47. The Morgan fingerprint density at radius 3 is 2.60 bits per heavy atom. The third kappa shape index (κ3) is 4.44. The first-order chi connectivity index (χ1) is 16.7. The molecule has 0 spiro atoms. The number of morpholine rings is 1. The molecule has 2 atom stereocenters. The minimum atomic E-state index is -0.372. The van der Waals surface area contributed by atoms with Gasteiger partial charge in [-0.25, -0.2) is 4.68 Å². The molecule has 1 aliphatic heterocycles. The Bertz CT molecular complexity index is 1050. The highest BCUT2D eigenvalue weighted by Gasteiger charge is 2.58. The highest BCUT2D eigenvalue weighted by atomic mass is 16.5. The minimum absolute atomic E-state index is 0.0671. The average molecular weight is 481 g/mol. The second kappa shape index (κ2) is 8.98. The number of nitriles is 1. The SMILES string of the molecule is CC(C)(/C=C/n1ncc(C(=O)N[C@H]2C3CC4CC2C[C@](C(N)=O)(C4)C3)c1N1CCOCC1)CC#N. The van der Waals surface area contributed by atoms with Crippen LogP contribution in [-0.4, -0.2) is 53.9 Å². The van der Waals surface area contributed by atoms with Gasteiger partial charge < -0.3 is 20.7 Å². The van der Waals surface area contributed by atoms with Crippen LogP contribution in [0.3, 0.4) is 0 Å². The monoisotopic (exact) mass is 480 g/mol. The van der Waals surface area contributed by atoms with Gasteiger partial charge in [-0.05, 0) is 55.3 Å². The summed E-state index contributed by atoms with van der Waals surface area (Å²) in [6.45, 7) is 6.56. The molecule has 9 heteroatoms. The summed E-state index contributed by atoms with van der Waals surface area (Å²) in [5, 5.41) is 17.0. The van der Waals surface area contributed by atoms with E-state index in [-0.39, 0.29) is 28.7 Å². The first kappa shape index (κ1) is 23.9. The van der Waals surface area contributed by atoms with Gasteiger partial charge in [-0.15, -0.1) is 0 Å². The summed E-state index contributed by atoms with van der Waals surface area (Å²) in [5.74, 6) is 1.61. The number of carbonyl (C=O) groups is 2. The van der Waals surface area contributed by atoms with E-state index in [1.54, 1.807) is 10.9 Å². The molecule has 1 saturated heterocycles. The number of nitrogens with one attached hydrogen (secondary N) is 1. The van der Waals surface area contributed by atoms with Crippen molar-refractivity contribution in [2.45, 2.75) is 58.4 Å². The highest BCUT2D eigenvalue weighted by Crippen LogP contribution is 2.60. The van der Waals surface area contributed by atoms with Crippen molar-refractivity contribution in [1.82, 2.24) is 15.1 Å². The lowest BCUT2D eigenvalue weighted by Crippen LogP contribution is -2.62. The van der Waals surface area contributed by atoms with E-state index < -0.39 is 0 Å². The number of hydrogen-bond acceptors (Lipinski definition) is 6. The molecule has 4 saturated carbocycles. The van der Waals surface area contributed by atoms with Gasteiger partial charge in [-0.2, -0.15) is 10.4 Å². The molecule has 2 unspecified atom stereocenters. The highest BCUT2D eigenvalue weighted by molar-refractivity contribution is 5.99. The molecular weight excluding hydrogens is 444 g/mol. The second-order valence-corrected chi connectivity index (χ2v) is 11.7. The van der Waals surface area contributed by atoms with Crippen molar-refractivity contribution in [2.75, 3.05) is 31.2 Å². The fourth-order valence-corrected chi connectivity index (χ4v) is 7.04. The molecule has 3 N–H and O–H groups in total. The second-order valence-electron chi connectivity index (χ2n) is 11.7. The summed E-state index contributed by atoms with van der Waals surface area (Å²) in [6.07, 6.45) is 10.5. The number of anilines is 1. The van der Waals surface area contributed by atoms with Gasteiger partial charge in [0.15, 0.2) is 0 Å². The van der Waals surface area contributed by atoms with E-state index in [1.165, 1.54) is 0 Å². The van der Waals surface area contributed by atoms with Crippen LogP contribution >= 0.6 is 0 Å². The Morgan fingerprint density at radius 1 is 1.29 bits per heavy atom. The molecule has 1 aromatic heterocycles. The largest absolute Gasteiger partial charge is 0.378 e. The van der Waals surface area contributed by atoms with Crippen LogP contribution in [0.2, 0.25) is 0 Å². The summed E-state index contributed by atoms with van der Waals surface area (Å²) < 4.78 is 7.28. The Kier molecular flexibility index (Phi) is 6.12. The standard InChI is InChI=1S/C26H36N6O3/c1-25(2,3-5-27)4-6-32-23(31-7-9-35-10-8-31)20(16-29-32)22(33)30-21-18-11-17-12-19(21)15-26(13-17,14-18)24(28)34/h4,6,16-19,21H,3,7-15H2,1-2H3,(H2,28,34)(H,30,33)/b6-4+/t17?,18?,19?,21-,26-. The number of ether oxygens (including phenoxy) is 1. The third-order valence-electron chi connectivity index (χ3n) is 8.62. The van der Waals surface area contributed by atoms with E-state index >= 15 is 0 Å². The number of primary amides is 1. The van der Waals surface area contributed by atoms with Crippen LogP contribution in [0.1, 0.15) is 62.7 Å². The van der Waals surface area contributed by atoms with Crippen molar-refractivity contribution < 1.29 is 14.3 Å². The van der Waals surface area contributed by atoms with Gasteiger partial charge in [-0.1, -0.05) is 19.9 Å². The van der Waals surface area contributed by atoms with Crippen molar-refractivity contribution >= 4 is 23.8 Å². The maximum absolute atomic E-state index is 13.6. The lowest BCUT2D eigenvalue weighted by molar-refractivity contribution is -0.145. The van der Waals surface area contributed by atoms with E-state index in [0.717, 1.165) is 37.9 Å². The number of hydrogen-bond donors (Lipinski definition) is 2. The van der Waals surface area contributed by atoms with Gasteiger partial charge in [0.2, 0.25) is 5.91 Å². The topological polar surface area (TPSA) is 126 Å². The van der Waals surface area contributed by atoms with Crippen molar-refractivity contribution in [2.24, 2.45) is 34.3 Å². The number of carbonyl (C=O) groups excluding carboxylic acids is 2. The van der Waals surface area contributed by atoms with E-state index in [2.05, 4.69) is 21.4 Å². The normalized spacial score (nSPS) is 32.1. The third-order valence-corrected chi connectivity index (χ3v) is 8.62. The number of aromatic nitrogens is 2. The number of nitrogens with two attached hydrogens (primary N) is 1. The van der Waals surface area contributed by atoms with Gasteiger partial charge in [0.25, 0.3) is 5.91 Å². The van der Waals surface area contributed by atoms with E-state index in [4.69, 9.17) is 15.7 Å². The number of rotatable bonds is 7. The van der Waals surface area contributed by atoms with Crippen LogP contribution in [0.25, 0.3) is 6.20 Å². The molecule has 6 rings (SSSR count). The number of nitrogens with zero attached hydrogens (tertiary/aromatic N) is 4. The van der Waals surface area contributed by atoms with E-state index in [9.17, 15) is 9.59 Å². The molecule has 5 fully saturated rings. The fraction of sp³-hybridized carbons (Fsp3) is 0.692. The number of allylic oxidation sites excluding steroid dienone is 1. The van der Waals surface area contributed by atoms with Crippen molar-refractivity contribution in [1.29, 1.82) is 5.26 Å². The average Bonchev–Trinajstić information content (AvgIpc) is 3.24. The molecule has 1 aromatic rings. The van der Waals surface area contributed by atoms with Crippen LogP contribution in [0.5, 0.6) is 0 Å². The van der Waals surface area contributed by atoms with Crippen LogP contribution in [0, 0.1) is 39.9 Å². The van der Waals surface area contributed by atoms with Crippen molar-refractivity contribution in [3.63, 3.8) is 0 Å². The molecule has 9 nitrogen and oxygen atoms in total. The van der Waals surface area contributed by atoms with Gasteiger partial charge in [0.1, 0.15) is 11.4 Å². The summed E-state index contributed by atoms with van der Waals surface area (Å²) >= 11 is 0. The summed E-state index contributed by atoms with van der Waals surface area (Å²) in [4.78, 5) is 28.1. The van der Waals surface area contributed by atoms with Gasteiger partial charge in [0, 0.05) is 37.2 Å². The van der Waals surface area contributed by atoms with Gasteiger partial charge in [0.05, 0.1) is 25.5 Å². The lowest BCUT2D eigenvalue weighted by Gasteiger charge is -2.58. The smallest absolute Gasteiger partial charge is 0.256 e. The van der Waals surface area contributed by atoms with Gasteiger partial charge >= 0.3 is 0 Å². The zero-order chi connectivity index (χ0) is 24.8. The van der Waals surface area contributed by atoms with E-state index in [1.807, 2.05) is 26.1 Å². The Labute approximate surface area is 206 Å². The molecule has 188 valence electrons. The first-order valence-corrected chi connectivity index (χ1v) is 12.8. The fourth-order valence-electron chi connectivity index (χ4n) is 7.04. The molecule has 5 aliphatic rings. The maximum Gasteiger partial charge on any atom is 0.256 e. The van der Waals surface area contributed by atoms with Crippen LogP contribution < -0.4 is 16.0 Å². The quantitative estimate of drug-likeness (QED) is 0.618. The van der Waals surface area contributed by atoms with Crippen molar-refractivity contribution in [3.05, 3.63) is 17.8 Å². The van der Waals surface area contributed by atoms with Crippen LogP contribution in [0.15, 0.2) is 12.3 Å². The predicted molar refractivity (Wildman–Crippen MR) is 131 cm³/mol. The van der Waals surface area contributed by atoms with Crippen LogP contribution in [-0.2, 0) is 9.53 Å². The Hall–Kier alpha value is -2.86. The maximum atomic E-state index is 13.6. The number of amides is 2. The zero-order valence-electron chi connectivity index (χ0n) is 20.7. The summed E-state index contributed by atoms with van der Waals surface area (Å²) in [5.41, 5.74) is 5.71. The molecule has 0 radical (unpaired) electrons. The summed E-state index contributed by atoms with van der Waals surface area (Å²) in [6, 6.07) is 2.29. The Morgan fingerprint density at radius 2 is 1.97 bits per heavy atom. The minimum Gasteiger partial charge on any atom is -0.378 e. The van der Waals surface area contributed by atoms with Gasteiger partial charge in [-0.3, -0.25) is 9.59 Å². The first-order valence-electron chi connectivity index (χ1n) is 12.8. The molecule has 2 heterocycles. The Balaban J connectivity index is 1.39. The molecular formula is C26H36N6O3. The van der Waals surface area contributed by atoms with Crippen molar-refractivity contribution in [3.8, 4) is 6.07 Å².